The van der Waals surface area contributed by atoms with E-state index in [4.69, 9.17) is 9.47 Å². The van der Waals surface area contributed by atoms with Gasteiger partial charge in [0.05, 0.1) is 11.7 Å². The van der Waals surface area contributed by atoms with Gasteiger partial charge in [0, 0.05) is 24.1 Å². The highest BCUT2D eigenvalue weighted by Crippen LogP contribution is 2.28. The molecule has 1 fully saturated rings. The number of rotatable bonds is 7. The number of ether oxygens (including phenoxy) is 2. The van der Waals surface area contributed by atoms with Crippen molar-refractivity contribution in [3.8, 4) is 16.3 Å². The first kappa shape index (κ1) is 20.4. The Bertz CT molecular complexity index is 1010. The third kappa shape index (κ3) is 4.83. The molecule has 4 rings (SSSR count). The monoisotopic (exact) mass is 430 g/mol. The van der Waals surface area contributed by atoms with Crippen LogP contribution in [-0.4, -0.2) is 30.1 Å². The molecule has 5 nitrogen and oxygen atoms in total. The number of nitrogens with one attached hydrogen (secondary N) is 1. The fraction of sp³-hybridized carbons (Fsp3) is 0.273. The SMILES string of the molecule is O=C(NCC1CCCO1)c1csc(-c2cccc(OCc3c(F)cccc3F)c2)n1. The normalized spacial score (nSPS) is 15.9. The number of halogens is 2. The lowest BCUT2D eigenvalue weighted by atomic mass is 10.2. The highest BCUT2D eigenvalue weighted by Gasteiger charge is 2.18. The standard InChI is InChI=1S/C22H20F2N2O3S/c23-18-7-2-8-19(24)17(18)12-29-15-5-1-4-14(10-15)22-26-20(13-30-22)21(27)25-11-16-6-3-9-28-16/h1-2,4-5,7-8,10,13,16H,3,6,9,11-12H2,(H,25,27). The van der Waals surface area contributed by atoms with E-state index in [9.17, 15) is 13.6 Å². The molecule has 8 heteroatoms. The van der Waals surface area contributed by atoms with E-state index in [0.29, 0.717) is 23.0 Å². The van der Waals surface area contributed by atoms with Crippen LogP contribution in [0.4, 0.5) is 8.78 Å². The van der Waals surface area contributed by atoms with Gasteiger partial charge in [-0.25, -0.2) is 13.8 Å². The van der Waals surface area contributed by atoms with Gasteiger partial charge in [-0.2, -0.15) is 0 Å². The van der Waals surface area contributed by atoms with Gasteiger partial charge in [0.15, 0.2) is 0 Å². The van der Waals surface area contributed by atoms with Crippen LogP contribution in [0.15, 0.2) is 47.8 Å². The van der Waals surface area contributed by atoms with Crippen LogP contribution in [0.5, 0.6) is 5.75 Å². The number of hydrogen-bond acceptors (Lipinski definition) is 5. The average Bonchev–Trinajstić information content (AvgIpc) is 3.44. The Morgan fingerprint density at radius 1 is 1.23 bits per heavy atom. The van der Waals surface area contributed by atoms with E-state index < -0.39 is 11.6 Å². The van der Waals surface area contributed by atoms with E-state index in [0.717, 1.165) is 25.0 Å². The fourth-order valence-electron chi connectivity index (χ4n) is 3.16. The summed E-state index contributed by atoms with van der Waals surface area (Å²) in [6, 6.07) is 10.7. The van der Waals surface area contributed by atoms with Crippen LogP contribution in [0, 0.1) is 11.6 Å². The van der Waals surface area contributed by atoms with E-state index in [1.165, 1.54) is 29.5 Å². The molecule has 0 aliphatic carbocycles. The van der Waals surface area contributed by atoms with E-state index >= 15 is 0 Å². The second-order valence-corrected chi connectivity index (χ2v) is 7.76. The fourth-order valence-corrected chi connectivity index (χ4v) is 3.95. The molecule has 1 amide bonds. The van der Waals surface area contributed by atoms with Crippen LogP contribution in [-0.2, 0) is 11.3 Å². The van der Waals surface area contributed by atoms with Crippen molar-refractivity contribution in [3.05, 3.63) is 70.7 Å². The first-order valence-corrected chi connectivity index (χ1v) is 10.5. The molecule has 1 aliphatic rings. The first-order chi connectivity index (χ1) is 14.6. The van der Waals surface area contributed by atoms with Crippen LogP contribution >= 0.6 is 11.3 Å². The molecule has 0 saturated carbocycles. The topological polar surface area (TPSA) is 60.5 Å². The van der Waals surface area contributed by atoms with Crippen molar-refractivity contribution in [2.45, 2.75) is 25.6 Å². The highest BCUT2D eigenvalue weighted by atomic mass is 32.1. The lowest BCUT2D eigenvalue weighted by Gasteiger charge is -2.09. The number of benzene rings is 2. The zero-order valence-corrected chi connectivity index (χ0v) is 16.9. The van der Waals surface area contributed by atoms with Crippen LogP contribution in [0.3, 0.4) is 0 Å². The van der Waals surface area contributed by atoms with Crippen molar-refractivity contribution >= 4 is 17.2 Å². The molecule has 2 aromatic carbocycles. The minimum absolute atomic E-state index is 0.0696. The summed E-state index contributed by atoms with van der Waals surface area (Å²) in [6.45, 7) is 0.988. The van der Waals surface area contributed by atoms with Gasteiger partial charge < -0.3 is 14.8 Å². The zero-order chi connectivity index (χ0) is 20.9. The average molecular weight is 430 g/mol. The lowest BCUT2D eigenvalue weighted by molar-refractivity contribution is 0.0854. The molecule has 3 aromatic rings. The van der Waals surface area contributed by atoms with E-state index in [1.807, 2.05) is 6.07 Å². The Labute approximate surface area is 176 Å². The van der Waals surface area contributed by atoms with Crippen LogP contribution in [0.1, 0.15) is 28.9 Å². The summed E-state index contributed by atoms with van der Waals surface area (Å²) in [5, 5.41) is 5.20. The molecular formula is C22H20F2N2O3S. The number of carbonyl (C=O) groups is 1. The van der Waals surface area contributed by atoms with Crippen molar-refractivity contribution in [1.29, 1.82) is 0 Å². The smallest absolute Gasteiger partial charge is 0.270 e. The second kappa shape index (κ2) is 9.32. The maximum Gasteiger partial charge on any atom is 0.270 e. The number of amides is 1. The van der Waals surface area contributed by atoms with Gasteiger partial charge in [0.2, 0.25) is 0 Å². The minimum atomic E-state index is -0.648. The predicted molar refractivity (Wildman–Crippen MR) is 110 cm³/mol. The molecule has 1 unspecified atom stereocenters. The third-order valence-electron chi connectivity index (χ3n) is 4.78. The van der Waals surface area contributed by atoms with Crippen molar-refractivity contribution in [2.24, 2.45) is 0 Å². The molecule has 1 atom stereocenters. The third-order valence-corrected chi connectivity index (χ3v) is 5.67. The molecule has 2 heterocycles. The van der Waals surface area contributed by atoms with E-state index in [1.54, 1.807) is 23.6 Å². The molecule has 0 bridgehead atoms. The van der Waals surface area contributed by atoms with Gasteiger partial charge in [-0.3, -0.25) is 4.79 Å². The Morgan fingerprint density at radius 3 is 2.80 bits per heavy atom. The van der Waals surface area contributed by atoms with Crippen molar-refractivity contribution in [1.82, 2.24) is 10.3 Å². The summed E-state index contributed by atoms with van der Waals surface area (Å²) in [6.07, 6.45) is 2.04. The van der Waals surface area contributed by atoms with Crippen LogP contribution < -0.4 is 10.1 Å². The maximum absolute atomic E-state index is 13.8. The van der Waals surface area contributed by atoms with Gasteiger partial charge in [0.25, 0.3) is 5.91 Å². The summed E-state index contributed by atoms with van der Waals surface area (Å²) in [4.78, 5) is 16.7. The molecule has 0 spiro atoms. The predicted octanol–water partition coefficient (Wildman–Crippen LogP) is 4.58. The minimum Gasteiger partial charge on any atom is -0.489 e. The largest absolute Gasteiger partial charge is 0.489 e. The summed E-state index contributed by atoms with van der Waals surface area (Å²) in [7, 11) is 0. The van der Waals surface area contributed by atoms with Gasteiger partial charge in [-0.05, 0) is 37.1 Å². The second-order valence-electron chi connectivity index (χ2n) is 6.90. The van der Waals surface area contributed by atoms with Gasteiger partial charge in [0.1, 0.15) is 34.7 Å². The molecule has 1 aromatic heterocycles. The Balaban J connectivity index is 1.40. The maximum atomic E-state index is 13.8. The van der Waals surface area contributed by atoms with Crippen molar-refractivity contribution in [2.75, 3.05) is 13.2 Å². The lowest BCUT2D eigenvalue weighted by Crippen LogP contribution is -2.31. The molecular weight excluding hydrogens is 410 g/mol. The summed E-state index contributed by atoms with van der Waals surface area (Å²) in [5.74, 6) is -1.08. The van der Waals surface area contributed by atoms with Gasteiger partial charge in [-0.1, -0.05) is 18.2 Å². The van der Waals surface area contributed by atoms with Gasteiger partial charge >= 0.3 is 0 Å². The number of thiazole rings is 1. The zero-order valence-electron chi connectivity index (χ0n) is 16.1. The van der Waals surface area contributed by atoms with Crippen molar-refractivity contribution in [3.63, 3.8) is 0 Å². The number of aromatic nitrogens is 1. The molecule has 1 aliphatic heterocycles. The van der Waals surface area contributed by atoms with Crippen LogP contribution in [0.25, 0.3) is 10.6 Å². The summed E-state index contributed by atoms with van der Waals surface area (Å²) in [5.41, 5.74) is 0.972. The van der Waals surface area contributed by atoms with E-state index in [2.05, 4.69) is 10.3 Å². The number of carbonyl (C=O) groups excluding carboxylic acids is 1. The number of hydrogen-bond donors (Lipinski definition) is 1. The molecule has 156 valence electrons. The quantitative estimate of drug-likeness (QED) is 0.596. The van der Waals surface area contributed by atoms with Crippen LogP contribution in [0.2, 0.25) is 0 Å². The van der Waals surface area contributed by atoms with Gasteiger partial charge in [-0.15, -0.1) is 11.3 Å². The molecule has 30 heavy (non-hydrogen) atoms. The summed E-state index contributed by atoms with van der Waals surface area (Å²) >= 11 is 1.34. The molecule has 0 radical (unpaired) electrons. The highest BCUT2D eigenvalue weighted by molar-refractivity contribution is 7.13. The molecule has 1 N–H and O–H groups in total. The Hall–Kier alpha value is -2.84. The Morgan fingerprint density at radius 2 is 2.03 bits per heavy atom. The molecule has 1 saturated heterocycles. The van der Waals surface area contributed by atoms with Crippen molar-refractivity contribution < 1.29 is 23.0 Å². The van der Waals surface area contributed by atoms with E-state index in [-0.39, 0.29) is 24.2 Å². The number of nitrogens with zero attached hydrogens (tertiary/aromatic N) is 1. The first-order valence-electron chi connectivity index (χ1n) is 9.61. The Kier molecular flexibility index (Phi) is 6.35. The summed E-state index contributed by atoms with van der Waals surface area (Å²) < 4.78 is 38.6.